The molecule has 0 aromatic rings. The molecule has 0 spiro atoms. The van der Waals surface area contributed by atoms with Crippen LogP contribution in [0.5, 0.6) is 0 Å². The summed E-state index contributed by atoms with van der Waals surface area (Å²) in [5, 5.41) is 0. The van der Waals surface area contributed by atoms with Gasteiger partial charge in [0.15, 0.2) is 6.61 Å². The van der Waals surface area contributed by atoms with Gasteiger partial charge in [-0.25, -0.2) is 9.18 Å². The molecule has 2 atom stereocenters. The van der Waals surface area contributed by atoms with E-state index < -0.39 is 18.6 Å². The first-order chi connectivity index (χ1) is 5.72. The van der Waals surface area contributed by atoms with Gasteiger partial charge in [0.1, 0.15) is 6.17 Å². The average Bonchev–Trinajstić information content (AvgIpc) is 2.47. The van der Waals surface area contributed by atoms with Crippen molar-refractivity contribution in [3.63, 3.8) is 0 Å². The Morgan fingerprint density at radius 2 is 2.58 bits per heavy atom. The normalized spacial score (nSPS) is 24.8. The van der Waals surface area contributed by atoms with Gasteiger partial charge in [-0.05, 0) is 6.42 Å². The van der Waals surface area contributed by atoms with E-state index in [2.05, 4.69) is 9.47 Å². The number of alkyl halides is 1. The van der Waals surface area contributed by atoms with Crippen molar-refractivity contribution in [1.29, 1.82) is 0 Å². The van der Waals surface area contributed by atoms with Crippen LogP contribution in [0, 0.1) is 0 Å². The van der Waals surface area contributed by atoms with Crippen LogP contribution in [0.1, 0.15) is 13.3 Å². The Morgan fingerprint density at radius 1 is 1.83 bits per heavy atom. The Hall–Kier alpha value is -0.840. The van der Waals surface area contributed by atoms with Crippen molar-refractivity contribution in [1.82, 2.24) is 0 Å². The van der Waals surface area contributed by atoms with E-state index in [0.717, 1.165) is 0 Å². The van der Waals surface area contributed by atoms with Crippen molar-refractivity contribution >= 4 is 6.16 Å². The smallest absolute Gasteiger partial charge is 0.428 e. The van der Waals surface area contributed by atoms with Crippen molar-refractivity contribution in [3.8, 4) is 0 Å². The zero-order valence-electron chi connectivity index (χ0n) is 6.79. The Morgan fingerprint density at radius 3 is 3.08 bits per heavy atom. The summed E-state index contributed by atoms with van der Waals surface area (Å²) in [6, 6.07) is 0. The van der Waals surface area contributed by atoms with E-state index >= 15 is 0 Å². The molecule has 1 fully saturated rings. The lowest BCUT2D eigenvalue weighted by atomic mass is 10.3. The van der Waals surface area contributed by atoms with E-state index in [1.165, 1.54) is 0 Å². The zero-order chi connectivity index (χ0) is 8.97. The third kappa shape index (κ3) is 2.65. The van der Waals surface area contributed by atoms with Crippen LogP contribution < -0.4 is 0 Å². The highest BCUT2D eigenvalue weighted by atomic mass is 19.1. The van der Waals surface area contributed by atoms with Gasteiger partial charge in [-0.3, -0.25) is 0 Å². The second-order valence-corrected chi connectivity index (χ2v) is 2.45. The molecule has 1 rings (SSSR count). The maximum Gasteiger partial charge on any atom is 0.510 e. The molecule has 1 heterocycles. The number of carbonyl (C=O) groups is 1. The Labute approximate surface area is 69.6 Å². The van der Waals surface area contributed by atoms with Gasteiger partial charge in [0.25, 0.3) is 0 Å². The Bertz CT molecular complexity index is 161. The summed E-state index contributed by atoms with van der Waals surface area (Å²) in [5.74, 6) is 0. The lowest BCUT2D eigenvalue weighted by molar-refractivity contribution is -0.0918. The lowest BCUT2D eigenvalue weighted by Gasteiger charge is -2.09. The predicted molar refractivity (Wildman–Crippen MR) is 37.4 cm³/mol. The molecule has 0 N–H and O–H groups in total. The van der Waals surface area contributed by atoms with Crippen LogP contribution in [0.3, 0.4) is 0 Å². The summed E-state index contributed by atoms with van der Waals surface area (Å²) in [4.78, 5) is 10.3. The van der Waals surface area contributed by atoms with Crippen LogP contribution in [0.15, 0.2) is 0 Å². The van der Waals surface area contributed by atoms with E-state index in [0.29, 0.717) is 6.42 Å². The van der Waals surface area contributed by atoms with Gasteiger partial charge in [-0.2, -0.15) is 0 Å². The minimum Gasteiger partial charge on any atom is -0.428 e. The molecule has 5 heteroatoms. The summed E-state index contributed by atoms with van der Waals surface area (Å²) in [6.45, 7) is 1.71. The van der Waals surface area contributed by atoms with Crippen molar-refractivity contribution in [2.24, 2.45) is 0 Å². The fourth-order valence-electron chi connectivity index (χ4n) is 0.723. The molecule has 0 aliphatic carbocycles. The molecular weight excluding hydrogens is 167 g/mol. The molecule has 4 nitrogen and oxygen atoms in total. The minimum absolute atomic E-state index is 0.0509. The second-order valence-electron chi connectivity index (χ2n) is 2.45. The summed E-state index contributed by atoms with van der Waals surface area (Å²) >= 11 is 0. The zero-order valence-corrected chi connectivity index (χ0v) is 6.79. The summed E-state index contributed by atoms with van der Waals surface area (Å²) < 4.78 is 26.4. The highest BCUT2D eigenvalue weighted by molar-refractivity contribution is 5.61. The number of ether oxygens (including phenoxy) is 3. The lowest BCUT2D eigenvalue weighted by Crippen LogP contribution is -2.20. The van der Waals surface area contributed by atoms with E-state index in [4.69, 9.17) is 4.74 Å². The van der Waals surface area contributed by atoms with Crippen molar-refractivity contribution in [2.75, 3.05) is 13.2 Å². The number of halogens is 1. The molecule has 2 unspecified atom stereocenters. The molecule has 0 aromatic heterocycles. The van der Waals surface area contributed by atoms with Gasteiger partial charge in [-0.15, -0.1) is 0 Å². The van der Waals surface area contributed by atoms with Crippen LogP contribution in [-0.4, -0.2) is 31.8 Å². The number of carbonyl (C=O) groups excluding carboxylic acids is 1. The van der Waals surface area contributed by atoms with E-state index in [1.807, 2.05) is 0 Å². The molecule has 0 bridgehead atoms. The number of rotatable bonds is 4. The number of hydrogen-bond donors (Lipinski definition) is 0. The molecule has 1 saturated heterocycles. The monoisotopic (exact) mass is 178 g/mol. The first-order valence-electron chi connectivity index (χ1n) is 3.81. The quantitative estimate of drug-likeness (QED) is 0.607. The molecule has 0 saturated carbocycles. The largest absolute Gasteiger partial charge is 0.510 e. The fraction of sp³-hybridized carbons (Fsp3) is 0.857. The summed E-state index contributed by atoms with van der Waals surface area (Å²) in [5.41, 5.74) is 0. The minimum atomic E-state index is -1.01. The van der Waals surface area contributed by atoms with E-state index in [-0.39, 0.29) is 13.2 Å². The molecule has 1 aliphatic rings. The number of cyclic esters (lactones) is 2. The Balaban J connectivity index is 2.11. The third-order valence-corrected chi connectivity index (χ3v) is 1.47. The van der Waals surface area contributed by atoms with Crippen molar-refractivity contribution in [3.05, 3.63) is 0 Å². The number of hydrogen-bond acceptors (Lipinski definition) is 4. The predicted octanol–water partition coefficient (Wildman–Crippen LogP) is 1.24. The highest BCUT2D eigenvalue weighted by Gasteiger charge is 2.26. The van der Waals surface area contributed by atoms with Gasteiger partial charge in [0, 0.05) is 0 Å². The highest BCUT2D eigenvalue weighted by Crippen LogP contribution is 2.09. The molecule has 70 valence electrons. The van der Waals surface area contributed by atoms with Gasteiger partial charge in [0.2, 0.25) is 6.29 Å². The van der Waals surface area contributed by atoms with Crippen molar-refractivity contribution < 1.29 is 23.4 Å². The SMILES string of the molecule is CCC(F)COC1COC(=O)O1. The Kier molecular flexibility index (Phi) is 3.28. The summed E-state index contributed by atoms with van der Waals surface area (Å²) in [7, 11) is 0. The molecule has 1 aliphatic heterocycles. The molecule has 0 aromatic carbocycles. The first-order valence-corrected chi connectivity index (χ1v) is 3.81. The molecule has 0 radical (unpaired) electrons. The molecule has 12 heavy (non-hydrogen) atoms. The van der Waals surface area contributed by atoms with Crippen molar-refractivity contribution in [2.45, 2.75) is 25.8 Å². The van der Waals surface area contributed by atoms with Gasteiger partial charge in [-0.1, -0.05) is 6.92 Å². The maximum absolute atomic E-state index is 12.6. The van der Waals surface area contributed by atoms with Crippen LogP contribution in [0.4, 0.5) is 9.18 Å². The fourth-order valence-corrected chi connectivity index (χ4v) is 0.723. The van der Waals surface area contributed by atoms with Gasteiger partial charge in [0.05, 0.1) is 6.61 Å². The van der Waals surface area contributed by atoms with Gasteiger partial charge >= 0.3 is 6.16 Å². The first kappa shape index (κ1) is 9.25. The van der Waals surface area contributed by atoms with Crippen LogP contribution in [0.2, 0.25) is 0 Å². The summed E-state index contributed by atoms with van der Waals surface area (Å²) in [6.07, 6.45) is -2.11. The van der Waals surface area contributed by atoms with Crippen LogP contribution >= 0.6 is 0 Å². The maximum atomic E-state index is 12.6. The molecular formula is C7H11FO4. The van der Waals surface area contributed by atoms with E-state index in [1.54, 1.807) is 6.92 Å². The van der Waals surface area contributed by atoms with E-state index in [9.17, 15) is 9.18 Å². The topological polar surface area (TPSA) is 44.8 Å². The van der Waals surface area contributed by atoms with Crippen LogP contribution in [-0.2, 0) is 14.2 Å². The third-order valence-electron chi connectivity index (χ3n) is 1.47. The van der Waals surface area contributed by atoms with Gasteiger partial charge < -0.3 is 14.2 Å². The second kappa shape index (κ2) is 4.25. The standard InChI is InChI=1S/C7H11FO4/c1-2-5(8)3-10-6-4-11-7(9)12-6/h5-6H,2-4H2,1H3. The average molecular weight is 178 g/mol. The molecule has 0 amide bonds. The van der Waals surface area contributed by atoms with Crippen LogP contribution in [0.25, 0.3) is 0 Å².